The largest absolute Gasteiger partial charge is 0.433 e. The maximum atomic E-state index is 13.3. The Morgan fingerprint density at radius 3 is 2.45 bits per heavy atom. The molecule has 1 saturated heterocycles. The molecule has 164 valence electrons. The van der Waals surface area contributed by atoms with Gasteiger partial charge in [-0.1, -0.05) is 43.2 Å². The standard InChI is InChI=1S/C23H27N3O5/c27-22(23(28,16-8-4-5-9-16)15-6-2-1-3-7-15)24-21-18-13-25(14-19(18)21)12-17-10-11-20(31-17)26(29)30/h1-3,6-7,10-11,16,18-19,21,28H,4-5,8-9,12-14H2,(H,24,27). The number of carbonyl (C=O) groups is 1. The molecule has 3 aliphatic rings. The monoisotopic (exact) mass is 425 g/mol. The number of nitrogens with one attached hydrogen (secondary N) is 1. The van der Waals surface area contributed by atoms with Gasteiger partial charge in [0.05, 0.1) is 12.6 Å². The van der Waals surface area contributed by atoms with Crippen molar-refractivity contribution >= 4 is 11.8 Å². The van der Waals surface area contributed by atoms with Crippen molar-refractivity contribution in [1.82, 2.24) is 10.2 Å². The zero-order chi connectivity index (χ0) is 21.6. The summed E-state index contributed by atoms with van der Waals surface area (Å²) in [6.07, 6.45) is 3.81. The summed E-state index contributed by atoms with van der Waals surface area (Å²) in [7, 11) is 0. The normalized spacial score (nSPS) is 27.6. The topological polar surface area (TPSA) is 109 Å². The number of carbonyl (C=O) groups excluding carboxylic acids is 1. The number of amides is 1. The Labute approximate surface area is 180 Å². The summed E-state index contributed by atoms with van der Waals surface area (Å²) < 4.78 is 5.26. The number of benzene rings is 1. The third-order valence-corrected chi connectivity index (χ3v) is 7.28. The first-order chi connectivity index (χ1) is 15.0. The van der Waals surface area contributed by atoms with Crippen molar-refractivity contribution in [3.63, 3.8) is 0 Å². The maximum Gasteiger partial charge on any atom is 0.433 e. The summed E-state index contributed by atoms with van der Waals surface area (Å²) >= 11 is 0. The highest BCUT2D eigenvalue weighted by Gasteiger charge is 2.58. The number of piperidine rings is 1. The van der Waals surface area contributed by atoms with E-state index < -0.39 is 10.5 Å². The number of likely N-dealkylation sites (tertiary alicyclic amines) is 1. The minimum atomic E-state index is -1.48. The molecule has 2 saturated carbocycles. The molecule has 5 rings (SSSR count). The Bertz CT molecular complexity index is 959. The number of aliphatic hydroxyl groups is 1. The summed E-state index contributed by atoms with van der Waals surface area (Å²) in [4.78, 5) is 25.8. The number of fused-ring (bicyclic) bond motifs is 1. The summed E-state index contributed by atoms with van der Waals surface area (Å²) in [5.74, 6) is 0.692. The SMILES string of the molecule is O=C(NC1C2CN(Cc3ccc([N+](=O)[O-])o3)CC21)C(O)(c1ccccc1)C1CCCC1. The summed E-state index contributed by atoms with van der Waals surface area (Å²) in [5, 5.41) is 25.5. The first kappa shape index (κ1) is 20.2. The van der Waals surface area contributed by atoms with Crippen LogP contribution in [0.3, 0.4) is 0 Å². The van der Waals surface area contributed by atoms with Crippen LogP contribution in [0.25, 0.3) is 0 Å². The van der Waals surface area contributed by atoms with Gasteiger partial charge in [-0.2, -0.15) is 0 Å². The van der Waals surface area contributed by atoms with Crippen molar-refractivity contribution in [1.29, 1.82) is 0 Å². The molecule has 0 spiro atoms. The number of hydrogen-bond acceptors (Lipinski definition) is 6. The fourth-order valence-corrected chi connectivity index (χ4v) is 5.58. The molecule has 8 nitrogen and oxygen atoms in total. The quantitative estimate of drug-likeness (QED) is 0.522. The van der Waals surface area contributed by atoms with Gasteiger partial charge in [0.1, 0.15) is 10.7 Å². The number of rotatable bonds is 7. The van der Waals surface area contributed by atoms with Gasteiger partial charge in [0.15, 0.2) is 5.60 Å². The van der Waals surface area contributed by atoms with E-state index in [9.17, 15) is 20.0 Å². The van der Waals surface area contributed by atoms with Gasteiger partial charge >= 0.3 is 5.88 Å². The van der Waals surface area contributed by atoms with Crippen molar-refractivity contribution in [2.45, 2.75) is 43.9 Å². The van der Waals surface area contributed by atoms with Gasteiger partial charge in [0.2, 0.25) is 0 Å². The molecule has 3 atom stereocenters. The fraction of sp³-hybridized carbons (Fsp3) is 0.522. The maximum absolute atomic E-state index is 13.3. The first-order valence-corrected chi connectivity index (χ1v) is 11.0. The van der Waals surface area contributed by atoms with E-state index in [-0.39, 0.29) is 23.8 Å². The van der Waals surface area contributed by atoms with E-state index in [0.717, 1.165) is 38.8 Å². The molecule has 3 fully saturated rings. The van der Waals surface area contributed by atoms with Gasteiger partial charge in [-0.3, -0.25) is 19.8 Å². The predicted octanol–water partition coefficient (Wildman–Crippen LogP) is 2.81. The Kier molecular flexibility index (Phi) is 5.06. The van der Waals surface area contributed by atoms with E-state index in [0.29, 0.717) is 29.7 Å². The van der Waals surface area contributed by atoms with Crippen LogP contribution in [0.5, 0.6) is 0 Å². The van der Waals surface area contributed by atoms with Crippen LogP contribution in [-0.2, 0) is 16.9 Å². The second kappa shape index (κ2) is 7.76. The van der Waals surface area contributed by atoms with E-state index in [2.05, 4.69) is 10.2 Å². The third kappa shape index (κ3) is 3.64. The van der Waals surface area contributed by atoms with E-state index in [1.54, 1.807) is 6.07 Å². The Morgan fingerprint density at radius 2 is 1.84 bits per heavy atom. The molecule has 0 radical (unpaired) electrons. The van der Waals surface area contributed by atoms with Crippen molar-refractivity contribution in [3.05, 3.63) is 63.9 Å². The zero-order valence-electron chi connectivity index (χ0n) is 17.3. The average molecular weight is 425 g/mol. The van der Waals surface area contributed by atoms with Crippen LogP contribution in [-0.4, -0.2) is 40.0 Å². The van der Waals surface area contributed by atoms with Gasteiger partial charge in [-0.25, -0.2) is 0 Å². The third-order valence-electron chi connectivity index (χ3n) is 7.28. The van der Waals surface area contributed by atoms with Crippen LogP contribution in [0.4, 0.5) is 5.88 Å². The lowest BCUT2D eigenvalue weighted by Gasteiger charge is -2.33. The minimum absolute atomic E-state index is 0.0558. The molecular weight excluding hydrogens is 398 g/mol. The molecule has 1 aliphatic heterocycles. The number of nitro groups is 1. The molecular formula is C23H27N3O5. The number of nitrogens with zero attached hydrogens (tertiary/aromatic N) is 2. The van der Waals surface area contributed by atoms with Gasteiger partial charge in [0.25, 0.3) is 5.91 Å². The Morgan fingerprint density at radius 1 is 1.16 bits per heavy atom. The number of furan rings is 1. The minimum Gasteiger partial charge on any atom is -0.404 e. The van der Waals surface area contributed by atoms with Gasteiger partial charge in [0, 0.05) is 25.0 Å². The van der Waals surface area contributed by atoms with Crippen molar-refractivity contribution in [2.75, 3.05) is 13.1 Å². The molecule has 3 unspecified atom stereocenters. The fourth-order valence-electron chi connectivity index (χ4n) is 5.58. The van der Waals surface area contributed by atoms with Crippen LogP contribution in [0.15, 0.2) is 46.9 Å². The second-order valence-corrected chi connectivity index (χ2v) is 9.13. The van der Waals surface area contributed by atoms with E-state index in [1.807, 2.05) is 30.3 Å². The molecule has 1 aromatic heterocycles. The molecule has 31 heavy (non-hydrogen) atoms. The highest BCUT2D eigenvalue weighted by atomic mass is 16.6. The summed E-state index contributed by atoms with van der Waals surface area (Å²) in [6.45, 7) is 2.13. The Balaban J connectivity index is 1.21. The van der Waals surface area contributed by atoms with Crippen molar-refractivity contribution in [3.8, 4) is 0 Å². The summed E-state index contributed by atoms with van der Waals surface area (Å²) in [6, 6.07) is 12.4. The molecule has 1 aromatic carbocycles. The van der Waals surface area contributed by atoms with Crippen molar-refractivity contribution < 1.29 is 19.2 Å². The summed E-state index contributed by atoms with van der Waals surface area (Å²) in [5.41, 5.74) is -0.812. The average Bonchev–Trinajstić information content (AvgIpc) is 3.32. The highest BCUT2D eigenvalue weighted by molar-refractivity contribution is 5.87. The zero-order valence-corrected chi connectivity index (χ0v) is 17.3. The van der Waals surface area contributed by atoms with E-state index in [1.165, 1.54) is 6.07 Å². The highest BCUT2D eigenvalue weighted by Crippen LogP contribution is 2.47. The van der Waals surface area contributed by atoms with Crippen LogP contribution in [0, 0.1) is 27.9 Å². The van der Waals surface area contributed by atoms with Gasteiger partial charge < -0.3 is 14.8 Å². The molecule has 2 aliphatic carbocycles. The van der Waals surface area contributed by atoms with Crippen LogP contribution in [0.1, 0.15) is 37.0 Å². The van der Waals surface area contributed by atoms with Gasteiger partial charge in [-0.15, -0.1) is 0 Å². The Hall–Kier alpha value is -2.71. The van der Waals surface area contributed by atoms with E-state index >= 15 is 0 Å². The van der Waals surface area contributed by atoms with Gasteiger partial charge in [-0.05, 0) is 36.3 Å². The molecule has 1 amide bonds. The van der Waals surface area contributed by atoms with Crippen LogP contribution in [0.2, 0.25) is 0 Å². The smallest absolute Gasteiger partial charge is 0.404 e. The van der Waals surface area contributed by atoms with E-state index in [4.69, 9.17) is 4.42 Å². The van der Waals surface area contributed by atoms with Crippen LogP contribution < -0.4 is 5.32 Å². The molecule has 2 N–H and O–H groups in total. The molecule has 8 heteroatoms. The lowest BCUT2D eigenvalue weighted by atomic mass is 9.79. The predicted molar refractivity (Wildman–Crippen MR) is 112 cm³/mol. The lowest BCUT2D eigenvalue weighted by molar-refractivity contribution is -0.402. The molecule has 0 bridgehead atoms. The second-order valence-electron chi connectivity index (χ2n) is 9.13. The van der Waals surface area contributed by atoms with Crippen molar-refractivity contribution in [2.24, 2.45) is 17.8 Å². The first-order valence-electron chi connectivity index (χ1n) is 11.0. The number of hydrogen-bond donors (Lipinski definition) is 2. The molecule has 2 heterocycles. The molecule has 2 aromatic rings. The lowest BCUT2D eigenvalue weighted by Crippen LogP contribution is -2.50. The van der Waals surface area contributed by atoms with Crippen LogP contribution >= 0.6 is 0 Å².